The van der Waals surface area contributed by atoms with Gasteiger partial charge in [0.25, 0.3) is 0 Å². The monoisotopic (exact) mass is 524 g/mol. The van der Waals surface area contributed by atoms with Crippen molar-refractivity contribution >= 4 is 31.9 Å². The lowest BCUT2D eigenvalue weighted by Gasteiger charge is -2.38. The highest BCUT2D eigenvalue weighted by molar-refractivity contribution is 7.89. The van der Waals surface area contributed by atoms with E-state index in [2.05, 4.69) is 5.32 Å². The molecule has 3 N–H and O–H groups in total. The number of methoxy groups -OCH3 is 1. The van der Waals surface area contributed by atoms with Gasteiger partial charge in [0, 0.05) is 26.1 Å². The first-order chi connectivity index (χ1) is 16.4. The molecule has 1 fully saturated rings. The zero-order chi connectivity index (χ0) is 25.8. The van der Waals surface area contributed by atoms with E-state index in [1.54, 1.807) is 42.5 Å². The lowest BCUT2D eigenvalue weighted by molar-refractivity contribution is -0.130. The summed E-state index contributed by atoms with van der Waals surface area (Å²) >= 11 is 0. The van der Waals surface area contributed by atoms with Gasteiger partial charge in [-0.2, -0.15) is 8.61 Å². The summed E-state index contributed by atoms with van der Waals surface area (Å²) in [5, 5.41) is 2.50. The van der Waals surface area contributed by atoms with Crippen molar-refractivity contribution in [3.8, 4) is 5.75 Å². The Morgan fingerprint density at radius 1 is 1.06 bits per heavy atom. The Morgan fingerprint density at radius 2 is 1.69 bits per heavy atom. The minimum Gasteiger partial charge on any atom is -0.497 e. The lowest BCUT2D eigenvalue weighted by atomic mass is 10.0. The fourth-order valence-electron chi connectivity index (χ4n) is 3.80. The summed E-state index contributed by atoms with van der Waals surface area (Å²) in [6, 6.07) is 11.9. The molecular weight excluding hydrogens is 496 g/mol. The van der Waals surface area contributed by atoms with Crippen LogP contribution in [-0.4, -0.2) is 82.3 Å². The van der Waals surface area contributed by atoms with E-state index in [-0.39, 0.29) is 24.4 Å². The molecule has 0 unspecified atom stereocenters. The number of carbonyl (C=O) groups is 2. The molecule has 0 spiro atoms. The van der Waals surface area contributed by atoms with Crippen molar-refractivity contribution in [2.24, 2.45) is 5.73 Å². The minimum atomic E-state index is -3.97. The second kappa shape index (κ2) is 10.7. The fraction of sp³-hybridized carbons (Fsp3) is 0.364. The SMILES string of the molecule is COc1ccc(C[C@H](NC(=O)[C@H]2CN(S(=O)(=O)c3ccccc3)CCN2S(C)(=O)=O)C(N)=O)cc1. The molecule has 2 amide bonds. The molecular formula is C22H28N4O7S2. The van der Waals surface area contributed by atoms with Crippen LogP contribution in [0.25, 0.3) is 0 Å². The number of hydrogen-bond donors (Lipinski definition) is 2. The number of nitrogens with zero attached hydrogens (tertiary/aromatic N) is 2. The maximum absolute atomic E-state index is 13.2. The second-order valence-corrected chi connectivity index (χ2v) is 12.0. The van der Waals surface area contributed by atoms with Crippen molar-refractivity contribution in [1.29, 1.82) is 0 Å². The third kappa shape index (κ3) is 6.36. The first-order valence-corrected chi connectivity index (χ1v) is 14.0. The molecule has 1 aliphatic rings. The summed E-state index contributed by atoms with van der Waals surface area (Å²) in [7, 11) is -6.31. The molecule has 0 radical (unpaired) electrons. The van der Waals surface area contributed by atoms with Gasteiger partial charge >= 0.3 is 0 Å². The third-order valence-corrected chi connectivity index (χ3v) is 8.83. The van der Waals surface area contributed by atoms with E-state index in [0.717, 1.165) is 14.9 Å². The smallest absolute Gasteiger partial charge is 0.243 e. The van der Waals surface area contributed by atoms with Crippen LogP contribution in [-0.2, 0) is 36.1 Å². The maximum atomic E-state index is 13.2. The number of amides is 2. The molecule has 2 aromatic rings. The molecule has 35 heavy (non-hydrogen) atoms. The summed E-state index contributed by atoms with van der Waals surface area (Å²) in [4.78, 5) is 25.3. The van der Waals surface area contributed by atoms with E-state index in [9.17, 15) is 26.4 Å². The van der Waals surface area contributed by atoms with Gasteiger partial charge in [-0.3, -0.25) is 9.59 Å². The largest absolute Gasteiger partial charge is 0.497 e. The van der Waals surface area contributed by atoms with Crippen LogP contribution in [0.15, 0.2) is 59.5 Å². The van der Waals surface area contributed by atoms with Crippen molar-refractivity contribution in [3.63, 3.8) is 0 Å². The number of primary amides is 1. The van der Waals surface area contributed by atoms with Crippen molar-refractivity contribution < 1.29 is 31.2 Å². The average Bonchev–Trinajstić information content (AvgIpc) is 2.83. The summed E-state index contributed by atoms with van der Waals surface area (Å²) in [6.07, 6.45) is 1.00. The number of ether oxygens (including phenoxy) is 1. The number of carbonyl (C=O) groups excluding carboxylic acids is 2. The number of sulfonamides is 2. The van der Waals surface area contributed by atoms with Gasteiger partial charge in [0.2, 0.25) is 31.9 Å². The van der Waals surface area contributed by atoms with Gasteiger partial charge in [-0.15, -0.1) is 0 Å². The quantitative estimate of drug-likeness (QED) is 0.450. The number of hydrogen-bond acceptors (Lipinski definition) is 7. The van der Waals surface area contributed by atoms with Gasteiger partial charge in [-0.1, -0.05) is 30.3 Å². The maximum Gasteiger partial charge on any atom is 0.243 e. The van der Waals surface area contributed by atoms with Crippen molar-refractivity contribution in [2.75, 3.05) is 33.0 Å². The third-order valence-electron chi connectivity index (χ3n) is 5.66. The lowest BCUT2D eigenvalue weighted by Crippen LogP contribution is -2.63. The molecule has 1 saturated heterocycles. The van der Waals surface area contributed by atoms with E-state index in [0.29, 0.717) is 11.3 Å². The van der Waals surface area contributed by atoms with Crippen LogP contribution in [0.5, 0.6) is 5.75 Å². The van der Waals surface area contributed by atoms with Gasteiger partial charge in [0.15, 0.2) is 0 Å². The molecule has 1 heterocycles. The molecule has 0 bridgehead atoms. The molecule has 3 rings (SSSR count). The van der Waals surface area contributed by atoms with Crippen LogP contribution in [0.4, 0.5) is 0 Å². The molecule has 0 aliphatic carbocycles. The van der Waals surface area contributed by atoms with E-state index < -0.39 is 50.5 Å². The summed E-state index contributed by atoms with van der Waals surface area (Å²) in [5.41, 5.74) is 6.18. The van der Waals surface area contributed by atoms with Crippen LogP contribution in [0.1, 0.15) is 5.56 Å². The first-order valence-electron chi connectivity index (χ1n) is 10.7. The zero-order valence-electron chi connectivity index (χ0n) is 19.3. The summed E-state index contributed by atoms with van der Waals surface area (Å²) < 4.78 is 58.0. The predicted octanol–water partition coefficient (Wildman–Crippen LogP) is -0.457. The number of nitrogens with one attached hydrogen (secondary N) is 1. The highest BCUT2D eigenvalue weighted by Crippen LogP contribution is 2.22. The van der Waals surface area contributed by atoms with Crippen LogP contribution >= 0.6 is 0 Å². The van der Waals surface area contributed by atoms with E-state index in [4.69, 9.17) is 10.5 Å². The van der Waals surface area contributed by atoms with Crippen LogP contribution in [0, 0.1) is 0 Å². The number of piperazine rings is 1. The summed E-state index contributed by atoms with van der Waals surface area (Å²) in [5.74, 6) is -1.02. The second-order valence-electron chi connectivity index (χ2n) is 8.08. The Labute approximate surface area is 204 Å². The standard InChI is InChI=1S/C22H28N4O7S2/c1-33-17-10-8-16(9-11-17)14-19(21(23)27)24-22(28)20-15-25(12-13-26(20)34(2,29)30)35(31,32)18-6-4-3-5-7-18/h3-11,19-20H,12-15H2,1-2H3,(H2,23,27)(H,24,28)/t19-,20+/m0/s1. The molecule has 13 heteroatoms. The Kier molecular flexibility index (Phi) is 8.15. The number of nitrogens with two attached hydrogens (primary N) is 1. The van der Waals surface area contributed by atoms with Gasteiger partial charge in [0.1, 0.15) is 17.8 Å². The summed E-state index contributed by atoms with van der Waals surface area (Å²) in [6.45, 7) is -0.758. The highest BCUT2D eigenvalue weighted by Gasteiger charge is 2.42. The Bertz CT molecular complexity index is 1270. The van der Waals surface area contributed by atoms with Gasteiger partial charge < -0.3 is 15.8 Å². The van der Waals surface area contributed by atoms with Gasteiger partial charge in [-0.05, 0) is 29.8 Å². The topological polar surface area (TPSA) is 156 Å². The first kappa shape index (κ1) is 26.6. The van der Waals surface area contributed by atoms with Crippen molar-refractivity contribution in [2.45, 2.75) is 23.4 Å². The fourth-order valence-corrected chi connectivity index (χ4v) is 6.30. The van der Waals surface area contributed by atoms with E-state index in [1.807, 2.05) is 0 Å². The number of rotatable bonds is 9. The van der Waals surface area contributed by atoms with E-state index in [1.165, 1.54) is 19.2 Å². The Balaban J connectivity index is 1.83. The zero-order valence-corrected chi connectivity index (χ0v) is 21.0. The average molecular weight is 525 g/mol. The Morgan fingerprint density at radius 3 is 2.23 bits per heavy atom. The van der Waals surface area contributed by atoms with Crippen LogP contribution in [0.2, 0.25) is 0 Å². The van der Waals surface area contributed by atoms with Gasteiger partial charge in [0.05, 0.1) is 18.3 Å². The predicted molar refractivity (Wildman–Crippen MR) is 128 cm³/mol. The molecule has 2 aromatic carbocycles. The highest BCUT2D eigenvalue weighted by atomic mass is 32.2. The van der Waals surface area contributed by atoms with Crippen LogP contribution < -0.4 is 15.8 Å². The number of benzene rings is 2. The van der Waals surface area contributed by atoms with Gasteiger partial charge in [-0.25, -0.2) is 16.8 Å². The minimum absolute atomic E-state index is 0.0292. The molecule has 11 nitrogen and oxygen atoms in total. The van der Waals surface area contributed by atoms with Crippen molar-refractivity contribution in [1.82, 2.24) is 13.9 Å². The molecule has 0 saturated carbocycles. The normalized spacial score (nSPS) is 18.5. The Hall–Kier alpha value is -3.00. The molecule has 190 valence electrons. The molecule has 2 atom stereocenters. The molecule has 1 aliphatic heterocycles. The van der Waals surface area contributed by atoms with Crippen LogP contribution in [0.3, 0.4) is 0 Å². The molecule has 0 aromatic heterocycles. The van der Waals surface area contributed by atoms with E-state index >= 15 is 0 Å². The van der Waals surface area contributed by atoms with Crippen molar-refractivity contribution in [3.05, 3.63) is 60.2 Å².